The molecule has 1 aliphatic rings. The first-order chi connectivity index (χ1) is 11.7. The third-order valence-corrected chi connectivity index (χ3v) is 5.12. The zero-order chi connectivity index (χ0) is 18.6. The molecule has 25 heavy (non-hydrogen) atoms. The van der Waals surface area contributed by atoms with Gasteiger partial charge in [0, 0.05) is 30.7 Å². The number of halogens is 2. The Hall–Kier alpha value is -1.14. The van der Waals surface area contributed by atoms with Crippen LogP contribution in [0.4, 0.5) is 9.18 Å². The lowest BCUT2D eigenvalue weighted by Crippen LogP contribution is -2.46. The summed E-state index contributed by atoms with van der Waals surface area (Å²) in [6.45, 7) is 8.68. The maximum Gasteiger partial charge on any atom is 0.407 e. The molecule has 0 radical (unpaired) electrons. The van der Waals surface area contributed by atoms with Crippen LogP contribution in [0.2, 0.25) is 0 Å². The van der Waals surface area contributed by atoms with Gasteiger partial charge in [0.2, 0.25) is 0 Å². The van der Waals surface area contributed by atoms with Crippen LogP contribution >= 0.6 is 15.9 Å². The number of benzene rings is 1. The minimum absolute atomic E-state index is 0.0526. The summed E-state index contributed by atoms with van der Waals surface area (Å²) in [7, 11) is 0. The van der Waals surface area contributed by atoms with Crippen molar-refractivity contribution in [2.45, 2.75) is 64.6 Å². The summed E-state index contributed by atoms with van der Waals surface area (Å²) >= 11 is 3.26. The monoisotopic (exact) mass is 414 g/mol. The van der Waals surface area contributed by atoms with Crippen molar-refractivity contribution in [2.24, 2.45) is 0 Å². The summed E-state index contributed by atoms with van der Waals surface area (Å²) in [6.07, 6.45) is 3.02. The van der Waals surface area contributed by atoms with Crippen molar-refractivity contribution >= 4 is 22.0 Å². The van der Waals surface area contributed by atoms with Crippen molar-refractivity contribution in [1.82, 2.24) is 10.2 Å². The van der Waals surface area contributed by atoms with Crippen molar-refractivity contribution in [3.63, 3.8) is 0 Å². The molecule has 0 aromatic heterocycles. The molecule has 1 aromatic carbocycles. The highest BCUT2D eigenvalue weighted by molar-refractivity contribution is 9.10. The minimum atomic E-state index is -0.509. The van der Waals surface area contributed by atoms with Crippen LogP contribution in [0.5, 0.6) is 0 Å². The number of hydrogen-bond acceptors (Lipinski definition) is 3. The van der Waals surface area contributed by atoms with Gasteiger partial charge in [0.15, 0.2) is 0 Å². The van der Waals surface area contributed by atoms with E-state index in [0.717, 1.165) is 12.8 Å². The van der Waals surface area contributed by atoms with Crippen LogP contribution in [0.15, 0.2) is 22.7 Å². The van der Waals surface area contributed by atoms with E-state index in [2.05, 4.69) is 26.1 Å². The van der Waals surface area contributed by atoms with Gasteiger partial charge >= 0.3 is 6.09 Å². The normalized spacial score (nSPS) is 16.4. The van der Waals surface area contributed by atoms with E-state index in [1.165, 1.54) is 6.42 Å². The maximum absolute atomic E-state index is 14.5. The summed E-state index contributed by atoms with van der Waals surface area (Å²) in [6, 6.07) is 5.79. The Bertz CT molecular complexity index is 600. The molecule has 2 rings (SSSR count). The van der Waals surface area contributed by atoms with Gasteiger partial charge in [-0.05, 0) is 62.5 Å². The minimum Gasteiger partial charge on any atom is -0.444 e. The second-order valence-corrected chi connectivity index (χ2v) is 8.42. The van der Waals surface area contributed by atoms with E-state index in [9.17, 15) is 9.18 Å². The molecule has 140 valence electrons. The van der Waals surface area contributed by atoms with Crippen molar-refractivity contribution in [2.75, 3.05) is 13.1 Å². The highest BCUT2D eigenvalue weighted by Crippen LogP contribution is 2.34. The highest BCUT2D eigenvalue weighted by atomic mass is 79.9. The fraction of sp³-hybridized carbons (Fsp3) is 0.632. The lowest BCUT2D eigenvalue weighted by atomic mass is 9.89. The molecule has 1 aromatic rings. The molecule has 6 heteroatoms. The zero-order valence-corrected chi connectivity index (χ0v) is 17.0. The predicted molar refractivity (Wildman–Crippen MR) is 101 cm³/mol. The molecule has 1 aliphatic carbocycles. The van der Waals surface area contributed by atoms with Gasteiger partial charge < -0.3 is 10.1 Å². The second kappa shape index (κ2) is 8.49. The van der Waals surface area contributed by atoms with Crippen LogP contribution in [-0.4, -0.2) is 35.7 Å². The average Bonchev–Trinajstić information content (AvgIpc) is 2.44. The molecule has 4 nitrogen and oxygen atoms in total. The van der Waals surface area contributed by atoms with Crippen molar-refractivity contribution in [3.8, 4) is 0 Å². The quantitative estimate of drug-likeness (QED) is 0.709. The lowest BCUT2D eigenvalue weighted by molar-refractivity contribution is 0.0489. The van der Waals surface area contributed by atoms with E-state index in [1.54, 1.807) is 6.07 Å². The van der Waals surface area contributed by atoms with Gasteiger partial charge in [-0.3, -0.25) is 4.90 Å². The Labute approximate surface area is 158 Å². The third-order valence-electron chi connectivity index (χ3n) is 4.51. The maximum atomic E-state index is 14.5. The van der Waals surface area contributed by atoms with Gasteiger partial charge in [-0.15, -0.1) is 0 Å². The molecule has 1 saturated carbocycles. The van der Waals surface area contributed by atoms with Crippen LogP contribution < -0.4 is 5.32 Å². The van der Waals surface area contributed by atoms with Gasteiger partial charge in [-0.25, -0.2) is 9.18 Å². The Morgan fingerprint density at radius 3 is 2.68 bits per heavy atom. The van der Waals surface area contributed by atoms with Crippen LogP contribution in [0, 0.1) is 5.82 Å². The predicted octanol–water partition coefficient (Wildman–Crippen LogP) is 5.03. The smallest absolute Gasteiger partial charge is 0.407 e. The first-order valence-electron chi connectivity index (χ1n) is 8.85. The third kappa shape index (κ3) is 5.68. The number of nitrogens with one attached hydrogen (secondary N) is 1. The fourth-order valence-corrected chi connectivity index (χ4v) is 3.42. The Kier molecular flexibility index (Phi) is 6.86. The van der Waals surface area contributed by atoms with Crippen LogP contribution in [0.1, 0.15) is 58.6 Å². The molecule has 1 amide bonds. The molecular weight excluding hydrogens is 387 g/mol. The van der Waals surface area contributed by atoms with Crippen LogP contribution in [-0.2, 0) is 4.74 Å². The largest absolute Gasteiger partial charge is 0.444 e. The molecule has 0 bridgehead atoms. The number of rotatable bonds is 6. The molecule has 0 aliphatic heterocycles. The molecule has 1 fully saturated rings. The standard InChI is InChI=1S/C19H28BrFN2O2/c1-13(15-9-6-10-16(20)17(15)21)23(14-7-5-8-14)12-11-22-18(24)25-19(2,3)4/h6,9-10,13-14H,5,7-8,11-12H2,1-4H3,(H,22,24). The first-order valence-corrected chi connectivity index (χ1v) is 9.65. The molecule has 0 saturated heterocycles. The van der Waals surface area contributed by atoms with E-state index in [0.29, 0.717) is 29.2 Å². The number of alkyl carbamates (subject to hydrolysis) is 1. The molecule has 1 N–H and O–H groups in total. The van der Waals surface area contributed by atoms with Gasteiger partial charge in [0.05, 0.1) is 4.47 Å². The number of carbonyl (C=O) groups is 1. The summed E-state index contributed by atoms with van der Waals surface area (Å²) in [5.41, 5.74) is 0.170. The Balaban J connectivity index is 1.99. The fourth-order valence-electron chi connectivity index (χ4n) is 3.03. The van der Waals surface area contributed by atoms with E-state index in [-0.39, 0.29) is 11.9 Å². The molecule has 1 atom stereocenters. The van der Waals surface area contributed by atoms with Crippen LogP contribution in [0.25, 0.3) is 0 Å². The zero-order valence-electron chi connectivity index (χ0n) is 15.4. The topological polar surface area (TPSA) is 41.6 Å². The molecular formula is C19H28BrFN2O2. The Morgan fingerprint density at radius 2 is 2.12 bits per heavy atom. The summed E-state index contributed by atoms with van der Waals surface area (Å²) in [5, 5.41) is 2.80. The van der Waals surface area contributed by atoms with E-state index < -0.39 is 11.7 Å². The summed E-state index contributed by atoms with van der Waals surface area (Å²) in [5.74, 6) is -0.209. The number of amides is 1. The van der Waals surface area contributed by atoms with Gasteiger partial charge in [-0.1, -0.05) is 18.6 Å². The number of ether oxygens (including phenoxy) is 1. The summed E-state index contributed by atoms with van der Waals surface area (Å²) in [4.78, 5) is 14.1. The van der Waals surface area contributed by atoms with Crippen molar-refractivity contribution in [1.29, 1.82) is 0 Å². The van der Waals surface area contributed by atoms with E-state index in [1.807, 2.05) is 39.8 Å². The second-order valence-electron chi connectivity index (χ2n) is 7.57. The summed E-state index contributed by atoms with van der Waals surface area (Å²) < 4.78 is 20.2. The number of nitrogens with zero attached hydrogens (tertiary/aromatic N) is 1. The first kappa shape index (κ1) is 20.2. The number of hydrogen-bond donors (Lipinski definition) is 1. The van der Waals surface area contributed by atoms with Crippen LogP contribution in [0.3, 0.4) is 0 Å². The van der Waals surface area contributed by atoms with Gasteiger partial charge in [0.1, 0.15) is 11.4 Å². The Morgan fingerprint density at radius 1 is 1.44 bits per heavy atom. The molecule has 0 heterocycles. The SMILES string of the molecule is CC(c1cccc(Br)c1F)N(CCNC(=O)OC(C)(C)C)C1CCC1. The van der Waals surface area contributed by atoms with Crippen molar-refractivity contribution < 1.29 is 13.9 Å². The van der Waals surface area contributed by atoms with E-state index in [4.69, 9.17) is 4.74 Å². The highest BCUT2D eigenvalue weighted by Gasteiger charge is 2.30. The van der Waals surface area contributed by atoms with Gasteiger partial charge in [-0.2, -0.15) is 0 Å². The average molecular weight is 415 g/mol. The number of carbonyl (C=O) groups excluding carboxylic acids is 1. The van der Waals surface area contributed by atoms with Crippen molar-refractivity contribution in [3.05, 3.63) is 34.1 Å². The lowest BCUT2D eigenvalue weighted by Gasteiger charge is -2.41. The molecule has 0 spiro atoms. The molecule has 1 unspecified atom stereocenters. The van der Waals surface area contributed by atoms with E-state index >= 15 is 0 Å². The van der Waals surface area contributed by atoms with Gasteiger partial charge in [0.25, 0.3) is 0 Å².